The summed E-state index contributed by atoms with van der Waals surface area (Å²) in [6, 6.07) is 68.6. The first-order valence-electron chi connectivity index (χ1n) is 18.8. The molecule has 0 amide bonds. The number of hydrogen-bond acceptors (Lipinski definition) is 4. The average molecular weight is 733 g/mol. The van der Waals surface area contributed by atoms with Gasteiger partial charge in [0.25, 0.3) is 0 Å². The summed E-state index contributed by atoms with van der Waals surface area (Å²) < 4.78 is 4.79. The van der Waals surface area contributed by atoms with Gasteiger partial charge in [-0.15, -0.1) is 11.3 Å². The van der Waals surface area contributed by atoms with Gasteiger partial charge in [0, 0.05) is 53.3 Å². The Hall–Kier alpha value is -7.21. The molecule has 0 aliphatic rings. The molecule has 0 aliphatic carbocycles. The van der Waals surface area contributed by atoms with Crippen LogP contribution in [0.1, 0.15) is 0 Å². The fraction of sp³-hybridized carbons (Fsp3) is 0. The standard InChI is InChI=1S/C51H32N4S/c1-4-14-33(15-5-1)35-24-26-37(27-25-35)50-52-49(36-18-8-3-9-19-36)53-51(54-50)44-32-39(31-43-42-21-11-13-23-47(42)56-48(43)44)55-45-22-12-10-20-40(45)41-29-28-38(30-46(41)55)34-16-6-2-7-17-34/h1-32H. The highest BCUT2D eigenvalue weighted by Crippen LogP contribution is 2.43. The topological polar surface area (TPSA) is 43.6 Å². The second-order valence-electron chi connectivity index (χ2n) is 14.0. The number of hydrogen-bond donors (Lipinski definition) is 0. The van der Waals surface area contributed by atoms with Crippen molar-refractivity contribution in [1.29, 1.82) is 0 Å². The quantitative estimate of drug-likeness (QED) is 0.171. The van der Waals surface area contributed by atoms with E-state index < -0.39 is 0 Å². The van der Waals surface area contributed by atoms with Gasteiger partial charge in [0.05, 0.1) is 11.0 Å². The minimum Gasteiger partial charge on any atom is -0.309 e. The molecule has 5 heteroatoms. The van der Waals surface area contributed by atoms with Crippen molar-refractivity contribution in [2.45, 2.75) is 0 Å². The van der Waals surface area contributed by atoms with Crippen LogP contribution in [0.15, 0.2) is 194 Å². The summed E-state index contributed by atoms with van der Waals surface area (Å²) in [7, 11) is 0. The SMILES string of the molecule is c1ccc(-c2ccc(-c3nc(-c4ccccc4)nc(-c4cc(-n5c6ccccc6c6ccc(-c7ccccc7)cc65)cc5c4sc4ccccc45)n3)cc2)cc1. The molecule has 11 rings (SSSR count). The van der Waals surface area contributed by atoms with Crippen LogP contribution in [0.3, 0.4) is 0 Å². The van der Waals surface area contributed by atoms with Crippen molar-refractivity contribution in [3.8, 4) is 62.1 Å². The Kier molecular flexibility index (Phi) is 7.64. The molecular weight excluding hydrogens is 701 g/mol. The highest BCUT2D eigenvalue weighted by molar-refractivity contribution is 7.26. The first kappa shape index (κ1) is 32.2. The van der Waals surface area contributed by atoms with Gasteiger partial charge >= 0.3 is 0 Å². The van der Waals surface area contributed by atoms with Crippen LogP contribution in [0.25, 0.3) is 104 Å². The highest BCUT2D eigenvalue weighted by atomic mass is 32.1. The number of rotatable bonds is 6. The zero-order chi connectivity index (χ0) is 37.0. The predicted molar refractivity (Wildman–Crippen MR) is 234 cm³/mol. The normalized spacial score (nSPS) is 11.6. The zero-order valence-corrected chi connectivity index (χ0v) is 31.0. The molecule has 3 heterocycles. The van der Waals surface area contributed by atoms with E-state index in [1.165, 1.54) is 42.9 Å². The van der Waals surface area contributed by atoms with Crippen molar-refractivity contribution >= 4 is 53.3 Å². The predicted octanol–water partition coefficient (Wildman–Crippen LogP) is 13.7. The molecule has 11 aromatic rings. The van der Waals surface area contributed by atoms with Gasteiger partial charge < -0.3 is 4.57 Å². The molecular formula is C51H32N4S. The van der Waals surface area contributed by atoms with Crippen molar-refractivity contribution in [3.05, 3.63) is 194 Å². The van der Waals surface area contributed by atoms with Crippen LogP contribution in [-0.2, 0) is 0 Å². The fourth-order valence-electron chi connectivity index (χ4n) is 7.95. The lowest BCUT2D eigenvalue weighted by Crippen LogP contribution is -2.01. The third-order valence-electron chi connectivity index (χ3n) is 10.7. The van der Waals surface area contributed by atoms with E-state index in [0.29, 0.717) is 17.5 Å². The highest BCUT2D eigenvalue weighted by Gasteiger charge is 2.21. The molecule has 0 atom stereocenters. The van der Waals surface area contributed by atoms with E-state index in [-0.39, 0.29) is 0 Å². The summed E-state index contributed by atoms with van der Waals surface area (Å²) in [5, 5.41) is 4.82. The molecule has 0 radical (unpaired) electrons. The van der Waals surface area contributed by atoms with E-state index in [9.17, 15) is 0 Å². The van der Waals surface area contributed by atoms with E-state index in [2.05, 4.69) is 174 Å². The smallest absolute Gasteiger partial charge is 0.165 e. The van der Waals surface area contributed by atoms with E-state index >= 15 is 0 Å². The number of aromatic nitrogens is 4. The lowest BCUT2D eigenvalue weighted by atomic mass is 10.0. The van der Waals surface area contributed by atoms with Gasteiger partial charge in [-0.05, 0) is 52.6 Å². The van der Waals surface area contributed by atoms with Gasteiger partial charge in [0.2, 0.25) is 0 Å². The largest absolute Gasteiger partial charge is 0.309 e. The summed E-state index contributed by atoms with van der Waals surface area (Å²) >= 11 is 1.79. The first-order chi connectivity index (χ1) is 27.7. The summed E-state index contributed by atoms with van der Waals surface area (Å²) in [4.78, 5) is 15.7. The summed E-state index contributed by atoms with van der Waals surface area (Å²) in [6.07, 6.45) is 0. The molecule has 0 aliphatic heterocycles. The Morgan fingerprint density at radius 1 is 0.339 bits per heavy atom. The van der Waals surface area contributed by atoms with Crippen LogP contribution in [0.5, 0.6) is 0 Å². The van der Waals surface area contributed by atoms with E-state index in [1.54, 1.807) is 11.3 Å². The molecule has 0 bridgehead atoms. The number of fused-ring (bicyclic) bond motifs is 6. The Balaban J connectivity index is 1.18. The van der Waals surface area contributed by atoms with Crippen molar-refractivity contribution < 1.29 is 0 Å². The molecule has 0 saturated heterocycles. The Morgan fingerprint density at radius 3 is 1.55 bits per heavy atom. The minimum absolute atomic E-state index is 0.637. The number of para-hydroxylation sites is 1. The van der Waals surface area contributed by atoms with E-state index in [0.717, 1.165) is 43.7 Å². The first-order valence-corrected chi connectivity index (χ1v) is 19.6. The Labute approximate surface area is 327 Å². The fourth-order valence-corrected chi connectivity index (χ4v) is 9.14. The zero-order valence-electron chi connectivity index (χ0n) is 30.2. The maximum absolute atomic E-state index is 5.30. The van der Waals surface area contributed by atoms with Gasteiger partial charge in [-0.3, -0.25) is 0 Å². The average Bonchev–Trinajstić information content (AvgIpc) is 3.82. The molecule has 0 spiro atoms. The van der Waals surface area contributed by atoms with Crippen LogP contribution in [-0.4, -0.2) is 19.5 Å². The number of nitrogens with zero attached hydrogens (tertiary/aromatic N) is 4. The van der Waals surface area contributed by atoms with Crippen molar-refractivity contribution in [2.75, 3.05) is 0 Å². The van der Waals surface area contributed by atoms with Gasteiger partial charge in [-0.2, -0.15) is 0 Å². The van der Waals surface area contributed by atoms with Crippen molar-refractivity contribution in [1.82, 2.24) is 19.5 Å². The molecule has 0 N–H and O–H groups in total. The van der Waals surface area contributed by atoms with Crippen molar-refractivity contribution in [3.63, 3.8) is 0 Å². The third-order valence-corrected chi connectivity index (χ3v) is 11.9. The van der Waals surface area contributed by atoms with Crippen LogP contribution >= 0.6 is 11.3 Å². The van der Waals surface area contributed by atoms with Gasteiger partial charge in [0.1, 0.15) is 0 Å². The molecule has 0 fully saturated rings. The summed E-state index contributed by atoms with van der Waals surface area (Å²) in [5.41, 5.74) is 10.9. The Bertz CT molecular complexity index is 3220. The molecule has 0 unspecified atom stereocenters. The molecule has 3 aromatic heterocycles. The summed E-state index contributed by atoms with van der Waals surface area (Å²) in [6.45, 7) is 0. The number of thiophene rings is 1. The van der Waals surface area contributed by atoms with Gasteiger partial charge in [-0.25, -0.2) is 15.0 Å². The second kappa shape index (κ2) is 13.3. The van der Waals surface area contributed by atoms with Crippen LogP contribution in [0, 0.1) is 0 Å². The monoisotopic (exact) mass is 732 g/mol. The minimum atomic E-state index is 0.637. The van der Waals surface area contributed by atoms with Crippen LogP contribution < -0.4 is 0 Å². The van der Waals surface area contributed by atoms with Gasteiger partial charge in [0.15, 0.2) is 17.5 Å². The summed E-state index contributed by atoms with van der Waals surface area (Å²) in [5.74, 6) is 1.92. The maximum Gasteiger partial charge on any atom is 0.165 e. The van der Waals surface area contributed by atoms with E-state index in [1.807, 2.05) is 24.3 Å². The van der Waals surface area contributed by atoms with Crippen LogP contribution in [0.4, 0.5) is 0 Å². The molecule has 4 nitrogen and oxygen atoms in total. The van der Waals surface area contributed by atoms with Gasteiger partial charge in [-0.1, -0.05) is 164 Å². The molecule has 8 aromatic carbocycles. The Morgan fingerprint density at radius 2 is 0.839 bits per heavy atom. The lowest BCUT2D eigenvalue weighted by molar-refractivity contribution is 1.07. The molecule has 0 saturated carbocycles. The molecule has 56 heavy (non-hydrogen) atoms. The lowest BCUT2D eigenvalue weighted by Gasteiger charge is -2.13. The van der Waals surface area contributed by atoms with E-state index in [4.69, 9.17) is 15.0 Å². The maximum atomic E-state index is 5.30. The number of benzene rings is 8. The molecule has 262 valence electrons. The van der Waals surface area contributed by atoms with Crippen LogP contribution in [0.2, 0.25) is 0 Å². The third kappa shape index (κ3) is 5.48. The second-order valence-corrected chi connectivity index (χ2v) is 15.1. The van der Waals surface area contributed by atoms with Crippen molar-refractivity contribution in [2.24, 2.45) is 0 Å².